The fourth-order valence-corrected chi connectivity index (χ4v) is 2.82. The highest BCUT2D eigenvalue weighted by molar-refractivity contribution is 7.86. The molecule has 2 heterocycles. The molecular formula is C11H17N3O4S. The van der Waals surface area contributed by atoms with Crippen LogP contribution in [0, 0.1) is 5.92 Å². The molecule has 1 saturated heterocycles. The van der Waals surface area contributed by atoms with E-state index in [1.807, 2.05) is 0 Å². The third-order valence-electron chi connectivity index (χ3n) is 3.20. The van der Waals surface area contributed by atoms with Crippen LogP contribution < -0.4 is 10.5 Å². The van der Waals surface area contributed by atoms with E-state index in [9.17, 15) is 13.2 Å². The van der Waals surface area contributed by atoms with Crippen LogP contribution in [0.25, 0.3) is 0 Å². The molecule has 3 N–H and O–H groups in total. The van der Waals surface area contributed by atoms with Crippen molar-refractivity contribution >= 4 is 16.1 Å². The van der Waals surface area contributed by atoms with Crippen LogP contribution in [-0.4, -0.2) is 31.7 Å². The van der Waals surface area contributed by atoms with Crippen LogP contribution >= 0.6 is 0 Å². The number of hydrogen-bond acceptors (Lipinski definition) is 4. The number of hydrogen-bond donors (Lipinski definition) is 2. The number of carbonyl (C=O) groups excluding carboxylic acids is 1. The number of nitrogens with zero attached hydrogens (tertiary/aromatic N) is 1. The predicted octanol–water partition coefficient (Wildman–Crippen LogP) is -0.189. The monoisotopic (exact) mass is 287 g/mol. The number of amides is 1. The van der Waals surface area contributed by atoms with Gasteiger partial charge in [0.25, 0.3) is 10.2 Å². The standard InChI is InChI=1S/C11H17N3O4S/c12-19(16,17)14-5-3-9(4-6-14)11(15)13-8-10-2-1-7-18-10/h1-2,7,9H,3-6,8H2,(H,13,15)(H2,12,16,17). The Bertz CT molecular complexity index is 518. The Morgan fingerprint density at radius 3 is 2.68 bits per heavy atom. The van der Waals surface area contributed by atoms with Gasteiger partial charge in [-0.1, -0.05) is 0 Å². The molecule has 7 nitrogen and oxygen atoms in total. The third kappa shape index (κ3) is 3.79. The maximum absolute atomic E-state index is 11.9. The summed E-state index contributed by atoms with van der Waals surface area (Å²) in [5.41, 5.74) is 0. The van der Waals surface area contributed by atoms with E-state index in [2.05, 4.69) is 5.32 Å². The normalized spacial score (nSPS) is 18.4. The lowest BCUT2D eigenvalue weighted by molar-refractivity contribution is -0.126. The Morgan fingerprint density at radius 1 is 1.47 bits per heavy atom. The summed E-state index contributed by atoms with van der Waals surface area (Å²) in [7, 11) is -3.64. The first kappa shape index (κ1) is 14.0. The molecule has 0 bridgehead atoms. The summed E-state index contributed by atoms with van der Waals surface area (Å²) in [6, 6.07) is 3.54. The highest BCUT2D eigenvalue weighted by Gasteiger charge is 2.29. The van der Waals surface area contributed by atoms with Crippen molar-refractivity contribution in [2.45, 2.75) is 19.4 Å². The van der Waals surface area contributed by atoms with Crippen LogP contribution in [0.1, 0.15) is 18.6 Å². The highest BCUT2D eigenvalue weighted by Crippen LogP contribution is 2.18. The van der Waals surface area contributed by atoms with Crippen molar-refractivity contribution in [2.24, 2.45) is 11.1 Å². The van der Waals surface area contributed by atoms with Crippen LogP contribution in [0.5, 0.6) is 0 Å². The molecule has 2 rings (SSSR count). The van der Waals surface area contributed by atoms with Crippen LogP contribution in [0.3, 0.4) is 0 Å². The molecule has 0 saturated carbocycles. The van der Waals surface area contributed by atoms with E-state index >= 15 is 0 Å². The molecule has 1 fully saturated rings. The fraction of sp³-hybridized carbons (Fsp3) is 0.545. The Hall–Kier alpha value is -1.38. The van der Waals surface area contributed by atoms with Gasteiger partial charge in [0.15, 0.2) is 0 Å². The van der Waals surface area contributed by atoms with E-state index in [1.54, 1.807) is 18.4 Å². The van der Waals surface area contributed by atoms with E-state index < -0.39 is 10.2 Å². The Labute approximate surface area is 111 Å². The first-order chi connectivity index (χ1) is 8.97. The van der Waals surface area contributed by atoms with E-state index in [0.29, 0.717) is 25.1 Å². The Kier molecular flexibility index (Phi) is 4.23. The zero-order valence-electron chi connectivity index (χ0n) is 10.4. The lowest BCUT2D eigenvalue weighted by Gasteiger charge is -2.28. The summed E-state index contributed by atoms with van der Waals surface area (Å²) in [6.07, 6.45) is 2.52. The van der Waals surface area contributed by atoms with Crippen molar-refractivity contribution in [1.29, 1.82) is 0 Å². The summed E-state index contributed by atoms with van der Waals surface area (Å²) in [4.78, 5) is 11.9. The molecule has 1 aliphatic heterocycles. The van der Waals surface area contributed by atoms with E-state index in [4.69, 9.17) is 9.56 Å². The average Bonchev–Trinajstić information content (AvgIpc) is 2.88. The molecule has 106 valence electrons. The van der Waals surface area contributed by atoms with E-state index in [0.717, 1.165) is 0 Å². The molecular weight excluding hydrogens is 270 g/mol. The van der Waals surface area contributed by atoms with Gasteiger partial charge in [-0.3, -0.25) is 4.79 Å². The third-order valence-corrected chi connectivity index (χ3v) is 4.29. The minimum Gasteiger partial charge on any atom is -0.467 e. The summed E-state index contributed by atoms with van der Waals surface area (Å²) in [5.74, 6) is 0.439. The van der Waals surface area contributed by atoms with Crippen molar-refractivity contribution in [3.63, 3.8) is 0 Å². The largest absolute Gasteiger partial charge is 0.467 e. The summed E-state index contributed by atoms with van der Waals surface area (Å²) >= 11 is 0. The van der Waals surface area contributed by atoms with Crippen molar-refractivity contribution in [2.75, 3.05) is 13.1 Å². The quantitative estimate of drug-likeness (QED) is 0.800. The maximum atomic E-state index is 11.9. The SMILES string of the molecule is NS(=O)(=O)N1CCC(C(=O)NCc2ccco2)CC1. The summed E-state index contributed by atoms with van der Waals surface area (Å²) in [5, 5.41) is 7.82. The fourth-order valence-electron chi connectivity index (χ4n) is 2.10. The summed E-state index contributed by atoms with van der Waals surface area (Å²) < 4.78 is 28.6. The van der Waals surface area contributed by atoms with Crippen molar-refractivity contribution < 1.29 is 17.6 Å². The second kappa shape index (κ2) is 5.72. The van der Waals surface area contributed by atoms with Gasteiger partial charge in [-0.15, -0.1) is 0 Å². The predicted molar refractivity (Wildman–Crippen MR) is 68.0 cm³/mol. The molecule has 0 atom stereocenters. The molecule has 0 aliphatic carbocycles. The highest BCUT2D eigenvalue weighted by atomic mass is 32.2. The molecule has 1 aromatic heterocycles. The summed E-state index contributed by atoms with van der Waals surface area (Å²) in [6.45, 7) is 0.927. The molecule has 0 radical (unpaired) electrons. The number of carbonyl (C=O) groups is 1. The van der Waals surface area contributed by atoms with Crippen LogP contribution in [0.4, 0.5) is 0 Å². The second-order valence-electron chi connectivity index (χ2n) is 4.52. The Balaban J connectivity index is 1.79. The molecule has 19 heavy (non-hydrogen) atoms. The number of furan rings is 1. The van der Waals surface area contributed by atoms with Gasteiger partial charge in [-0.25, -0.2) is 5.14 Å². The molecule has 8 heteroatoms. The van der Waals surface area contributed by atoms with Gasteiger partial charge >= 0.3 is 0 Å². The van der Waals surface area contributed by atoms with Crippen LogP contribution in [0.15, 0.2) is 22.8 Å². The topological polar surface area (TPSA) is 106 Å². The number of nitrogens with one attached hydrogen (secondary N) is 1. The zero-order chi connectivity index (χ0) is 13.9. The molecule has 0 spiro atoms. The van der Waals surface area contributed by atoms with Gasteiger partial charge in [-0.05, 0) is 25.0 Å². The van der Waals surface area contributed by atoms with Crippen LogP contribution in [-0.2, 0) is 21.5 Å². The van der Waals surface area contributed by atoms with E-state index in [1.165, 1.54) is 4.31 Å². The number of rotatable bonds is 4. The first-order valence-electron chi connectivity index (χ1n) is 6.05. The molecule has 0 aromatic carbocycles. The van der Waals surface area contributed by atoms with Gasteiger partial charge in [0.1, 0.15) is 5.76 Å². The smallest absolute Gasteiger partial charge is 0.276 e. The first-order valence-corrected chi connectivity index (χ1v) is 7.55. The van der Waals surface area contributed by atoms with Gasteiger partial charge in [0, 0.05) is 19.0 Å². The minimum absolute atomic E-state index is 0.0783. The second-order valence-corrected chi connectivity index (χ2v) is 6.06. The van der Waals surface area contributed by atoms with Crippen molar-refractivity contribution in [3.8, 4) is 0 Å². The van der Waals surface area contributed by atoms with Crippen LogP contribution in [0.2, 0.25) is 0 Å². The number of piperidine rings is 1. The average molecular weight is 287 g/mol. The van der Waals surface area contributed by atoms with Crippen molar-refractivity contribution in [3.05, 3.63) is 24.2 Å². The van der Waals surface area contributed by atoms with Gasteiger partial charge in [0.2, 0.25) is 5.91 Å². The number of nitrogens with two attached hydrogens (primary N) is 1. The molecule has 0 unspecified atom stereocenters. The maximum Gasteiger partial charge on any atom is 0.276 e. The van der Waals surface area contributed by atoms with Crippen molar-refractivity contribution in [1.82, 2.24) is 9.62 Å². The lowest BCUT2D eigenvalue weighted by atomic mass is 9.97. The minimum atomic E-state index is -3.64. The molecule has 1 aliphatic rings. The lowest BCUT2D eigenvalue weighted by Crippen LogP contribution is -2.45. The molecule has 1 aromatic rings. The van der Waals surface area contributed by atoms with Gasteiger partial charge < -0.3 is 9.73 Å². The zero-order valence-corrected chi connectivity index (χ0v) is 11.2. The molecule has 1 amide bonds. The van der Waals surface area contributed by atoms with Gasteiger partial charge in [-0.2, -0.15) is 12.7 Å². The van der Waals surface area contributed by atoms with E-state index in [-0.39, 0.29) is 24.9 Å². The Morgan fingerprint density at radius 2 is 2.16 bits per heavy atom. The van der Waals surface area contributed by atoms with Gasteiger partial charge in [0.05, 0.1) is 12.8 Å².